The number of rotatable bonds is 5. The van der Waals surface area contributed by atoms with E-state index in [0.29, 0.717) is 19.4 Å². The zero-order valence-electron chi connectivity index (χ0n) is 15.9. The van der Waals surface area contributed by atoms with Crippen molar-refractivity contribution in [3.8, 4) is 11.1 Å². The molecule has 7 nitrogen and oxygen atoms in total. The monoisotopic (exact) mass is 400 g/mol. The summed E-state index contributed by atoms with van der Waals surface area (Å²) in [6, 6.07) is 10.8. The minimum atomic E-state index is -3.62. The van der Waals surface area contributed by atoms with Crippen LogP contribution in [0, 0.1) is 6.92 Å². The van der Waals surface area contributed by atoms with Gasteiger partial charge in [0.2, 0.25) is 10.0 Å². The summed E-state index contributed by atoms with van der Waals surface area (Å²) < 4.78 is 28.0. The molecule has 1 aromatic heterocycles. The normalized spacial score (nSPS) is 22.4. The predicted molar refractivity (Wildman–Crippen MR) is 108 cm³/mol. The Hall–Kier alpha value is -2.26. The number of aryl methyl sites for hydroxylation is 1. The van der Waals surface area contributed by atoms with Crippen LogP contribution < -0.4 is 10.5 Å². The molecule has 28 heavy (non-hydrogen) atoms. The van der Waals surface area contributed by atoms with Gasteiger partial charge in [-0.3, -0.25) is 5.10 Å². The Labute approximate surface area is 164 Å². The molecule has 0 unspecified atom stereocenters. The zero-order chi connectivity index (χ0) is 20.1. The quantitative estimate of drug-likeness (QED) is 0.523. The van der Waals surface area contributed by atoms with Crippen LogP contribution in [0.4, 0.5) is 0 Å². The molecule has 0 bridgehead atoms. The zero-order valence-corrected chi connectivity index (χ0v) is 16.7. The smallest absolute Gasteiger partial charge is 0.240 e. The standard InChI is InChI=1S/C20H24N4O3S/c1-12-7-15(28(26,27)24-14-9-20(2,25)10-14)4-5-16(12)13-3-6-18-17(8-13)19(11-21)23-22-18/h3-8,14,24-25H,9-11,21H2,1-2H3,(H,22,23). The lowest BCUT2D eigenvalue weighted by molar-refractivity contribution is -0.0329. The van der Waals surface area contributed by atoms with Crippen molar-refractivity contribution < 1.29 is 13.5 Å². The number of aromatic amines is 1. The number of aromatic nitrogens is 2. The fraction of sp³-hybridized carbons (Fsp3) is 0.350. The lowest BCUT2D eigenvalue weighted by atomic mass is 9.78. The van der Waals surface area contributed by atoms with E-state index in [2.05, 4.69) is 14.9 Å². The summed E-state index contributed by atoms with van der Waals surface area (Å²) in [6.07, 6.45) is 0.856. The average molecular weight is 401 g/mol. The first-order valence-electron chi connectivity index (χ1n) is 9.21. The largest absolute Gasteiger partial charge is 0.390 e. The second kappa shape index (κ2) is 6.66. The van der Waals surface area contributed by atoms with Gasteiger partial charge in [-0.25, -0.2) is 13.1 Å². The van der Waals surface area contributed by atoms with Crippen LogP contribution in [0.1, 0.15) is 31.0 Å². The molecule has 3 aromatic rings. The van der Waals surface area contributed by atoms with Gasteiger partial charge in [0.15, 0.2) is 0 Å². The van der Waals surface area contributed by atoms with E-state index < -0.39 is 15.6 Å². The molecule has 1 heterocycles. The lowest BCUT2D eigenvalue weighted by Gasteiger charge is -2.40. The van der Waals surface area contributed by atoms with E-state index in [1.807, 2.05) is 31.2 Å². The van der Waals surface area contributed by atoms with E-state index in [0.717, 1.165) is 33.3 Å². The number of nitrogens with one attached hydrogen (secondary N) is 2. The van der Waals surface area contributed by atoms with Gasteiger partial charge in [-0.2, -0.15) is 5.10 Å². The summed E-state index contributed by atoms with van der Waals surface area (Å²) in [7, 11) is -3.62. The molecule has 1 fully saturated rings. The average Bonchev–Trinajstić information content (AvgIpc) is 3.02. The number of nitrogens with two attached hydrogens (primary N) is 1. The highest BCUT2D eigenvalue weighted by Gasteiger charge is 2.40. The molecule has 5 N–H and O–H groups in total. The Bertz CT molecular complexity index is 1140. The van der Waals surface area contributed by atoms with Gasteiger partial charge in [0, 0.05) is 18.0 Å². The Morgan fingerprint density at radius 2 is 2.04 bits per heavy atom. The topological polar surface area (TPSA) is 121 Å². The fourth-order valence-electron chi connectivity index (χ4n) is 3.89. The van der Waals surface area contributed by atoms with Crippen LogP contribution in [0.5, 0.6) is 0 Å². The number of aliphatic hydroxyl groups is 1. The van der Waals surface area contributed by atoms with Gasteiger partial charge in [-0.1, -0.05) is 12.1 Å². The molecular formula is C20H24N4O3S. The molecule has 0 spiro atoms. The predicted octanol–water partition coefficient (Wildman–Crippen LogP) is 2.19. The van der Waals surface area contributed by atoms with Crippen molar-refractivity contribution in [3.05, 3.63) is 47.7 Å². The number of fused-ring (bicyclic) bond motifs is 1. The Kier molecular flexibility index (Phi) is 4.54. The second-order valence-corrected chi connectivity index (χ2v) is 9.55. The summed E-state index contributed by atoms with van der Waals surface area (Å²) in [5.74, 6) is 0. The summed E-state index contributed by atoms with van der Waals surface area (Å²) in [5.41, 5.74) is 9.49. The Morgan fingerprint density at radius 1 is 1.29 bits per heavy atom. The Morgan fingerprint density at radius 3 is 2.68 bits per heavy atom. The van der Waals surface area contributed by atoms with Crippen LogP contribution in [0.25, 0.3) is 22.0 Å². The van der Waals surface area contributed by atoms with E-state index in [-0.39, 0.29) is 10.9 Å². The molecule has 0 amide bonds. The highest BCUT2D eigenvalue weighted by Crippen LogP contribution is 2.33. The number of hydrogen-bond donors (Lipinski definition) is 4. The van der Waals surface area contributed by atoms with Crippen molar-refractivity contribution >= 4 is 20.9 Å². The lowest BCUT2D eigenvalue weighted by Crippen LogP contribution is -2.53. The van der Waals surface area contributed by atoms with Crippen molar-refractivity contribution in [1.82, 2.24) is 14.9 Å². The molecule has 1 aliphatic carbocycles. The summed E-state index contributed by atoms with van der Waals surface area (Å²) in [6.45, 7) is 3.95. The number of hydrogen-bond acceptors (Lipinski definition) is 5. The molecule has 1 saturated carbocycles. The molecule has 0 radical (unpaired) electrons. The molecule has 0 saturated heterocycles. The van der Waals surface area contributed by atoms with E-state index >= 15 is 0 Å². The van der Waals surface area contributed by atoms with Crippen LogP contribution in [-0.4, -0.2) is 35.4 Å². The van der Waals surface area contributed by atoms with E-state index in [9.17, 15) is 13.5 Å². The van der Waals surface area contributed by atoms with Crippen molar-refractivity contribution in [2.45, 2.75) is 49.8 Å². The van der Waals surface area contributed by atoms with Gasteiger partial charge < -0.3 is 10.8 Å². The van der Waals surface area contributed by atoms with E-state index in [4.69, 9.17) is 5.73 Å². The maximum absolute atomic E-state index is 12.7. The summed E-state index contributed by atoms with van der Waals surface area (Å²) >= 11 is 0. The Balaban J connectivity index is 1.63. The van der Waals surface area contributed by atoms with E-state index in [1.165, 1.54) is 0 Å². The first kappa shape index (κ1) is 19.1. The highest BCUT2D eigenvalue weighted by molar-refractivity contribution is 7.89. The maximum atomic E-state index is 12.7. The fourth-order valence-corrected chi connectivity index (χ4v) is 5.21. The van der Waals surface area contributed by atoms with Gasteiger partial charge in [0.1, 0.15) is 0 Å². The van der Waals surface area contributed by atoms with Gasteiger partial charge in [0.05, 0.1) is 21.7 Å². The summed E-state index contributed by atoms with van der Waals surface area (Å²) in [4.78, 5) is 0.229. The third-order valence-electron chi connectivity index (χ3n) is 5.35. The summed E-state index contributed by atoms with van der Waals surface area (Å²) in [5, 5.41) is 17.9. The van der Waals surface area contributed by atoms with Crippen molar-refractivity contribution in [3.63, 3.8) is 0 Å². The first-order chi connectivity index (χ1) is 13.2. The van der Waals surface area contributed by atoms with Crippen LogP contribution in [0.2, 0.25) is 0 Å². The van der Waals surface area contributed by atoms with Gasteiger partial charge in [-0.15, -0.1) is 0 Å². The molecule has 2 aromatic carbocycles. The molecular weight excluding hydrogens is 376 g/mol. The minimum Gasteiger partial charge on any atom is -0.390 e. The number of nitrogens with zero attached hydrogens (tertiary/aromatic N) is 1. The maximum Gasteiger partial charge on any atom is 0.240 e. The van der Waals surface area contributed by atoms with Crippen molar-refractivity contribution in [1.29, 1.82) is 0 Å². The van der Waals surface area contributed by atoms with E-state index in [1.54, 1.807) is 19.1 Å². The van der Waals surface area contributed by atoms with Gasteiger partial charge in [0.25, 0.3) is 0 Å². The molecule has 8 heteroatoms. The number of sulfonamides is 1. The third kappa shape index (κ3) is 3.44. The van der Waals surface area contributed by atoms with Gasteiger partial charge in [-0.05, 0) is 67.6 Å². The molecule has 1 aliphatic rings. The molecule has 148 valence electrons. The molecule has 4 rings (SSSR count). The number of H-pyrrole nitrogens is 1. The third-order valence-corrected chi connectivity index (χ3v) is 6.87. The van der Waals surface area contributed by atoms with Gasteiger partial charge >= 0.3 is 0 Å². The van der Waals surface area contributed by atoms with Crippen molar-refractivity contribution in [2.75, 3.05) is 0 Å². The second-order valence-electron chi connectivity index (χ2n) is 7.83. The molecule has 0 aliphatic heterocycles. The SMILES string of the molecule is Cc1cc(S(=O)(=O)NC2CC(C)(O)C2)ccc1-c1ccc2[nH]nc(CN)c2c1. The highest BCUT2D eigenvalue weighted by atomic mass is 32.2. The van der Waals surface area contributed by atoms with Crippen LogP contribution in [-0.2, 0) is 16.6 Å². The minimum absolute atomic E-state index is 0.224. The number of benzene rings is 2. The first-order valence-corrected chi connectivity index (χ1v) is 10.7. The van der Waals surface area contributed by atoms with Crippen LogP contribution in [0.3, 0.4) is 0 Å². The van der Waals surface area contributed by atoms with Crippen LogP contribution >= 0.6 is 0 Å². The van der Waals surface area contributed by atoms with Crippen molar-refractivity contribution in [2.24, 2.45) is 5.73 Å². The van der Waals surface area contributed by atoms with Crippen LogP contribution in [0.15, 0.2) is 41.3 Å². The molecule has 0 atom stereocenters.